The van der Waals surface area contributed by atoms with Crippen LogP contribution >= 0.6 is 0 Å². The molecule has 3 rings (SSSR count). The molecule has 5 nitrogen and oxygen atoms in total. The summed E-state index contributed by atoms with van der Waals surface area (Å²) in [5.41, 5.74) is 3.61. The number of hydrogen-bond donors (Lipinski definition) is 1. The zero-order valence-corrected chi connectivity index (χ0v) is 13.4. The Labute approximate surface area is 141 Å². The van der Waals surface area contributed by atoms with Crippen LogP contribution in [0.2, 0.25) is 0 Å². The molecule has 24 heavy (non-hydrogen) atoms. The summed E-state index contributed by atoms with van der Waals surface area (Å²) in [5, 5.41) is 2.73. The van der Waals surface area contributed by atoms with Crippen molar-refractivity contribution in [3.63, 3.8) is 0 Å². The number of nitrogens with one attached hydrogen (secondary N) is 1. The second-order valence-corrected chi connectivity index (χ2v) is 5.50. The number of morpholine rings is 1. The predicted octanol–water partition coefficient (Wildman–Crippen LogP) is 3.79. The highest BCUT2D eigenvalue weighted by Crippen LogP contribution is 2.23. The molecule has 5 heteroatoms. The Morgan fingerprint density at radius 3 is 2.62 bits per heavy atom. The summed E-state index contributed by atoms with van der Waals surface area (Å²) in [6.07, 6.45) is -0.470. The Hall–Kier alpha value is -2.79. The van der Waals surface area contributed by atoms with Gasteiger partial charge in [-0.3, -0.25) is 5.32 Å². The first kappa shape index (κ1) is 16.1. The molecule has 1 aliphatic rings. The highest BCUT2D eigenvalue weighted by molar-refractivity contribution is 5.84. The first-order chi connectivity index (χ1) is 11.7. The van der Waals surface area contributed by atoms with Gasteiger partial charge in [-0.05, 0) is 29.8 Å². The third-order valence-electron chi connectivity index (χ3n) is 3.75. The molecule has 1 heterocycles. The van der Waals surface area contributed by atoms with E-state index in [0.29, 0.717) is 18.9 Å². The molecule has 1 amide bonds. The molecule has 0 bridgehead atoms. The molecule has 0 atom stereocenters. The van der Waals surface area contributed by atoms with Gasteiger partial charge in [-0.2, -0.15) is 0 Å². The topological polar surface area (TPSA) is 50.8 Å². The lowest BCUT2D eigenvalue weighted by atomic mass is 10.2. The van der Waals surface area contributed by atoms with Gasteiger partial charge in [0.1, 0.15) is 6.61 Å². The fourth-order valence-corrected chi connectivity index (χ4v) is 2.50. The summed E-state index contributed by atoms with van der Waals surface area (Å²) in [4.78, 5) is 14.0. The minimum atomic E-state index is -0.470. The molecule has 2 aromatic rings. The summed E-state index contributed by atoms with van der Waals surface area (Å²) >= 11 is 0. The minimum absolute atomic E-state index is 0.248. The number of nitrogens with zero attached hydrogens (tertiary/aromatic N) is 1. The number of benzene rings is 2. The number of carbonyl (C=O) groups is 1. The van der Waals surface area contributed by atoms with Gasteiger partial charge in [0.15, 0.2) is 0 Å². The van der Waals surface area contributed by atoms with E-state index in [2.05, 4.69) is 16.8 Å². The van der Waals surface area contributed by atoms with Crippen molar-refractivity contribution in [2.45, 2.75) is 6.61 Å². The number of rotatable bonds is 4. The molecule has 1 saturated heterocycles. The smallest absolute Gasteiger partial charge is 0.411 e. The van der Waals surface area contributed by atoms with E-state index in [1.165, 1.54) is 0 Å². The van der Waals surface area contributed by atoms with E-state index in [0.717, 1.165) is 23.5 Å². The fraction of sp³-hybridized carbons (Fsp3) is 0.211. The Morgan fingerprint density at radius 1 is 1.17 bits per heavy atom. The van der Waals surface area contributed by atoms with Gasteiger partial charge in [0.2, 0.25) is 0 Å². The molecular weight excluding hydrogens is 304 g/mol. The molecule has 0 spiro atoms. The van der Waals surface area contributed by atoms with Crippen molar-refractivity contribution in [1.82, 2.24) is 0 Å². The Kier molecular flexibility index (Phi) is 5.13. The highest BCUT2D eigenvalue weighted by atomic mass is 16.5. The molecule has 0 radical (unpaired) electrons. The predicted molar refractivity (Wildman–Crippen MR) is 94.0 cm³/mol. The largest absolute Gasteiger partial charge is 0.444 e. The van der Waals surface area contributed by atoms with Crippen LogP contribution in [0.5, 0.6) is 0 Å². The van der Waals surface area contributed by atoms with Crippen molar-refractivity contribution in [1.29, 1.82) is 0 Å². The van der Waals surface area contributed by atoms with E-state index in [-0.39, 0.29) is 6.61 Å². The van der Waals surface area contributed by atoms with Crippen molar-refractivity contribution in [2.24, 2.45) is 0 Å². The maximum atomic E-state index is 11.9. The van der Waals surface area contributed by atoms with Crippen LogP contribution in [0.3, 0.4) is 0 Å². The van der Waals surface area contributed by atoms with E-state index in [4.69, 9.17) is 9.47 Å². The van der Waals surface area contributed by atoms with E-state index in [1.54, 1.807) is 0 Å². The van der Waals surface area contributed by atoms with Gasteiger partial charge in [0.25, 0.3) is 0 Å². The van der Waals surface area contributed by atoms with Gasteiger partial charge in [0.05, 0.1) is 13.2 Å². The first-order valence-corrected chi connectivity index (χ1v) is 7.83. The van der Waals surface area contributed by atoms with Crippen molar-refractivity contribution < 1.29 is 14.3 Å². The molecule has 1 aliphatic heterocycles. The summed E-state index contributed by atoms with van der Waals surface area (Å²) < 4.78 is 10.6. The zero-order valence-electron chi connectivity index (χ0n) is 13.4. The lowest BCUT2D eigenvalue weighted by Crippen LogP contribution is -2.33. The minimum Gasteiger partial charge on any atom is -0.444 e. The summed E-state index contributed by atoms with van der Waals surface area (Å²) in [7, 11) is 0. The van der Waals surface area contributed by atoms with Crippen molar-refractivity contribution in [2.75, 3.05) is 30.0 Å². The van der Waals surface area contributed by atoms with Crippen LogP contribution in [0.1, 0.15) is 5.56 Å². The normalized spacial score (nSPS) is 14.3. The van der Waals surface area contributed by atoms with E-state index in [9.17, 15) is 4.79 Å². The number of amides is 1. The molecule has 2 aromatic carbocycles. The van der Waals surface area contributed by atoms with Crippen molar-refractivity contribution >= 4 is 17.5 Å². The van der Waals surface area contributed by atoms with Gasteiger partial charge >= 0.3 is 6.09 Å². The first-order valence-electron chi connectivity index (χ1n) is 7.83. The second kappa shape index (κ2) is 7.66. The Morgan fingerprint density at radius 2 is 1.92 bits per heavy atom. The van der Waals surface area contributed by atoms with Gasteiger partial charge in [-0.15, -0.1) is 0 Å². The molecule has 1 fully saturated rings. The fourth-order valence-electron chi connectivity index (χ4n) is 2.50. The Balaban J connectivity index is 1.54. The third kappa shape index (κ3) is 4.14. The maximum Gasteiger partial charge on any atom is 0.411 e. The van der Waals surface area contributed by atoms with Crippen LogP contribution in [0.25, 0.3) is 0 Å². The maximum absolute atomic E-state index is 11.9. The van der Waals surface area contributed by atoms with E-state index >= 15 is 0 Å². The molecule has 0 saturated carbocycles. The molecular formula is C19H20N2O3. The standard InChI is InChI=1S/C19H20N2O3/c1-15-13-23-12-11-21(15)18-9-7-17(8-10-18)20-19(22)24-14-16-5-3-2-4-6-16/h2-10H,1,11-14H2,(H,20,22). The SMILES string of the molecule is C=C1COCCN1c1ccc(NC(=O)OCc2ccccc2)cc1. The lowest BCUT2D eigenvalue weighted by molar-refractivity contribution is 0.143. The quantitative estimate of drug-likeness (QED) is 0.930. The summed E-state index contributed by atoms with van der Waals surface area (Å²) in [6.45, 7) is 6.27. The number of carbonyl (C=O) groups excluding carboxylic acids is 1. The summed E-state index contributed by atoms with van der Waals surface area (Å²) in [5.74, 6) is 0. The van der Waals surface area contributed by atoms with Gasteiger partial charge in [-0.1, -0.05) is 36.9 Å². The Bertz CT molecular complexity index is 698. The van der Waals surface area contributed by atoms with Gasteiger partial charge in [-0.25, -0.2) is 4.79 Å². The van der Waals surface area contributed by atoms with Crippen LogP contribution in [0.4, 0.5) is 16.2 Å². The molecule has 0 unspecified atom stereocenters. The van der Waals surface area contributed by atoms with E-state index < -0.39 is 6.09 Å². The van der Waals surface area contributed by atoms with Crippen LogP contribution in [0, 0.1) is 0 Å². The molecule has 1 N–H and O–H groups in total. The number of anilines is 2. The van der Waals surface area contributed by atoms with Crippen LogP contribution in [0.15, 0.2) is 66.9 Å². The van der Waals surface area contributed by atoms with Crippen LogP contribution in [-0.4, -0.2) is 25.9 Å². The average molecular weight is 324 g/mol. The van der Waals surface area contributed by atoms with E-state index in [1.807, 2.05) is 54.6 Å². The second-order valence-electron chi connectivity index (χ2n) is 5.50. The molecule has 0 aliphatic carbocycles. The molecule has 0 aromatic heterocycles. The lowest BCUT2D eigenvalue weighted by Gasteiger charge is -2.31. The molecule has 124 valence electrons. The van der Waals surface area contributed by atoms with Crippen LogP contribution in [-0.2, 0) is 16.1 Å². The van der Waals surface area contributed by atoms with Crippen molar-refractivity contribution in [3.8, 4) is 0 Å². The highest BCUT2D eigenvalue weighted by Gasteiger charge is 2.15. The number of hydrogen-bond acceptors (Lipinski definition) is 4. The van der Waals surface area contributed by atoms with Crippen LogP contribution < -0.4 is 10.2 Å². The summed E-state index contributed by atoms with van der Waals surface area (Å²) in [6, 6.07) is 17.2. The van der Waals surface area contributed by atoms with Crippen molar-refractivity contribution in [3.05, 3.63) is 72.4 Å². The monoisotopic (exact) mass is 324 g/mol. The number of ether oxygens (including phenoxy) is 2. The van der Waals surface area contributed by atoms with Gasteiger partial charge in [0, 0.05) is 23.6 Å². The third-order valence-corrected chi connectivity index (χ3v) is 3.75. The average Bonchev–Trinajstić information content (AvgIpc) is 2.62. The zero-order chi connectivity index (χ0) is 16.8. The van der Waals surface area contributed by atoms with Gasteiger partial charge < -0.3 is 14.4 Å².